The van der Waals surface area contributed by atoms with Crippen molar-refractivity contribution in [2.24, 2.45) is 0 Å². The van der Waals surface area contributed by atoms with Crippen LogP contribution in [-0.4, -0.2) is 19.9 Å². The average Bonchev–Trinajstić information content (AvgIpc) is 1.52. The molecule has 8 aromatic heterocycles. The van der Waals surface area contributed by atoms with Gasteiger partial charge >= 0.3 is 36.5 Å². The number of nitrogens with zero attached hydrogens (tertiary/aromatic N) is 12. The molecule has 0 atom stereocenters. The largest absolute Gasteiger partial charge is 2.00 e. The van der Waals surface area contributed by atoms with Gasteiger partial charge in [0.2, 0.25) is 0 Å². The fourth-order valence-corrected chi connectivity index (χ4v) is 17.9. The first-order chi connectivity index (χ1) is 58.2. The number of aromatic nitrogens is 8. The zero-order chi connectivity index (χ0) is 88.3. The molecule has 2 aliphatic heterocycles. The quantitative estimate of drug-likeness (QED) is 0.143. The van der Waals surface area contributed by atoms with Crippen molar-refractivity contribution in [1.82, 2.24) is 39.9 Å². The third kappa shape index (κ3) is 15.2. The molecule has 1 radical (unpaired) electrons. The predicted octanol–water partition coefficient (Wildman–Crippen LogP) is 28.0. The molecule has 0 amide bonds. The van der Waals surface area contributed by atoms with E-state index in [9.17, 15) is 21.0 Å². The van der Waals surface area contributed by atoms with Gasteiger partial charge in [-0.25, -0.2) is 19.9 Å². The fraction of sp³-hybridized carbons (Fsp3) is 0.286. The first kappa shape index (κ1) is 87.1. The summed E-state index contributed by atoms with van der Waals surface area (Å²) in [5.74, 6) is 0. The normalized spacial score (nSPS) is 13.0. The molecule has 16 bridgehead atoms. The molecule has 0 aliphatic carbocycles. The van der Waals surface area contributed by atoms with Crippen molar-refractivity contribution in [3.8, 4) is 91.0 Å². The molecule has 14 heteroatoms. The van der Waals surface area contributed by atoms with Gasteiger partial charge in [-0.05, 0) is 249 Å². The van der Waals surface area contributed by atoms with Crippen LogP contribution in [0.15, 0.2) is 158 Å². The van der Waals surface area contributed by atoms with E-state index in [0.29, 0.717) is 133 Å². The van der Waals surface area contributed by atoms with Crippen molar-refractivity contribution in [1.29, 1.82) is 21.0 Å². The van der Waals surface area contributed by atoms with Crippen LogP contribution in [-0.2, 0) is 79.9 Å². The van der Waals surface area contributed by atoms with E-state index in [0.717, 1.165) is 121 Å². The standard InChI is InChI=1S/C112H102N12.Cu.Zn/c1-105(2,3)69-39-65(40-70(47-69)106(4,5)6)95-85-29-25-81(117-85)93(63-35-59(55-113)33-60(36-63)56-114)82-26-30-86(118-82)97(67-43-73(109(13,14)15)49-74(44-67)110(16,17)18)91-53-79-80-54-92-98(68-45-75(111(19,20)21)50-76(46-68)112(22,23)24)88-32-28-84(120-88)94(64-37-61(57-115)34-62(38-64)58-116)83-27-31-87(119-83)96(66-41-71(107(7,8)9)48-72(42-66)108(10,11)12)90-52-78-77-51-89(95)121-101(77)99(103(79)123-91)100(102(78)122-90)104(80)124-92;;/h25-54H,1-24H3;;/q-4;2*+2. The molecule has 16 aromatic rings. The second kappa shape index (κ2) is 30.2. The second-order valence-electron chi connectivity index (χ2n) is 42.7. The van der Waals surface area contributed by atoms with Crippen LogP contribution >= 0.6 is 0 Å². The fourth-order valence-electron chi connectivity index (χ4n) is 17.9. The molecule has 623 valence electrons. The summed E-state index contributed by atoms with van der Waals surface area (Å²) >= 11 is 0. The Morgan fingerprint density at radius 3 is 0.698 bits per heavy atom. The third-order valence-electron chi connectivity index (χ3n) is 25.3. The minimum absolute atomic E-state index is 0. The van der Waals surface area contributed by atoms with Crippen molar-refractivity contribution >= 4 is 123 Å². The summed E-state index contributed by atoms with van der Waals surface area (Å²) in [4.78, 5) is 48.4. The first-order valence-corrected chi connectivity index (χ1v) is 43.1. The molecule has 0 N–H and O–H groups in total. The van der Waals surface area contributed by atoms with Crippen LogP contribution in [0.2, 0.25) is 0 Å². The number of rotatable bonds is 6. The molecule has 8 aromatic carbocycles. The molecule has 126 heavy (non-hydrogen) atoms. The summed E-state index contributed by atoms with van der Waals surface area (Å²) < 4.78 is 0. The van der Waals surface area contributed by atoms with Crippen LogP contribution in [0.3, 0.4) is 0 Å². The zero-order valence-electron chi connectivity index (χ0n) is 76.7. The smallest absolute Gasteiger partial charge is 0.657 e. The molecule has 0 saturated carbocycles. The van der Waals surface area contributed by atoms with E-state index in [-0.39, 0.29) is 79.9 Å². The Hall–Kier alpha value is -12.4. The Kier molecular flexibility index (Phi) is 20.9. The van der Waals surface area contributed by atoms with E-state index in [1.165, 1.54) is 0 Å². The number of hydrogen-bond acceptors (Lipinski definition) is 8. The van der Waals surface area contributed by atoms with Crippen molar-refractivity contribution in [3.05, 3.63) is 247 Å². The summed E-state index contributed by atoms with van der Waals surface area (Å²) in [6, 6.07) is 65.4. The minimum Gasteiger partial charge on any atom is -0.657 e. The Bertz CT molecular complexity index is 7140. The maximum absolute atomic E-state index is 10.8. The summed E-state index contributed by atoms with van der Waals surface area (Å²) in [6.07, 6.45) is 8.28. The van der Waals surface area contributed by atoms with Crippen LogP contribution in [0.4, 0.5) is 0 Å². The second-order valence-corrected chi connectivity index (χ2v) is 42.7. The SMILES string of the molecule is CC(C)(C)c1cc(-c2c3nc(c(-c4cc(C#N)cc(C#N)c4)c4ccc([n-]4)c(-c4cc(C(C)(C)C)cc(C(C)(C)C)c4)c4cc5c6cc7[n-]c6c6c8nc(cc8c8cc2[n-]c8c6c5n4)c(-c2cc(C(C)(C)C)cc(C(C)(C)C)c2)c2ccc([n-]2)c(-c2cc(C#N)cc(C#N)c2)c2nc(c7-c4cc(C(C)(C)C)cc(C(C)(C)C)c4)C=C2)C=C3)cc(C(C)(C)C)c1.[Cu+2].[Zn+2]. The summed E-state index contributed by atoms with van der Waals surface area (Å²) in [6.45, 7) is 54.3. The first-order valence-electron chi connectivity index (χ1n) is 43.1. The van der Waals surface area contributed by atoms with Crippen molar-refractivity contribution < 1.29 is 36.5 Å². The Balaban J connectivity index is 0.00000585. The number of nitriles is 4. The van der Waals surface area contributed by atoms with Crippen molar-refractivity contribution in [3.63, 3.8) is 0 Å². The molecule has 0 unspecified atom stereocenters. The molecular formula is C112H102CuN12Zn. The topological polar surface area (TPSA) is 203 Å². The summed E-state index contributed by atoms with van der Waals surface area (Å²) in [7, 11) is 0. The van der Waals surface area contributed by atoms with Gasteiger partial charge in [0.05, 0.1) is 91.4 Å². The molecule has 18 rings (SSSR count). The van der Waals surface area contributed by atoms with Crippen LogP contribution in [0.25, 0.3) is 190 Å². The third-order valence-corrected chi connectivity index (χ3v) is 25.3. The average molecular weight is 1750 g/mol. The summed E-state index contributed by atoms with van der Waals surface area (Å²) in [5, 5.41) is 48.2. The van der Waals surface area contributed by atoms with Crippen LogP contribution in [0.1, 0.15) is 256 Å². The van der Waals surface area contributed by atoms with E-state index < -0.39 is 0 Å². The van der Waals surface area contributed by atoms with E-state index in [1.807, 2.05) is 48.6 Å². The molecule has 0 fully saturated rings. The van der Waals surface area contributed by atoms with E-state index >= 15 is 0 Å². The van der Waals surface area contributed by atoms with Gasteiger partial charge in [0.15, 0.2) is 0 Å². The van der Waals surface area contributed by atoms with Gasteiger partial charge in [0.1, 0.15) is 0 Å². The molecule has 0 spiro atoms. The van der Waals surface area contributed by atoms with Gasteiger partial charge in [0, 0.05) is 10.8 Å². The predicted molar refractivity (Wildman–Crippen MR) is 514 cm³/mol. The molecule has 0 saturated heterocycles. The van der Waals surface area contributed by atoms with Crippen LogP contribution in [0, 0.1) is 45.3 Å². The monoisotopic (exact) mass is 1740 g/mol. The maximum atomic E-state index is 10.8. The molecular weight excluding hydrogens is 1640 g/mol. The van der Waals surface area contributed by atoms with Crippen LogP contribution < -0.4 is 19.9 Å². The minimum atomic E-state index is -0.298. The summed E-state index contributed by atoms with van der Waals surface area (Å²) in [5.41, 5.74) is 28.0. The van der Waals surface area contributed by atoms with Gasteiger partial charge in [-0.2, -0.15) is 21.0 Å². The molecule has 2 aliphatic rings. The molecule has 12 nitrogen and oxygen atoms in total. The number of fused-ring (bicyclic) bond motifs is 14. The van der Waals surface area contributed by atoms with Crippen molar-refractivity contribution in [2.45, 2.75) is 209 Å². The number of hydrogen-bond donors (Lipinski definition) is 0. The van der Waals surface area contributed by atoms with Gasteiger partial charge in [0.25, 0.3) is 0 Å². The molecule has 10 heterocycles. The van der Waals surface area contributed by atoms with Gasteiger partial charge in [-0.3, -0.25) is 0 Å². The van der Waals surface area contributed by atoms with Gasteiger partial charge in [-0.15, -0.1) is 44.1 Å². The Morgan fingerprint density at radius 2 is 0.460 bits per heavy atom. The Morgan fingerprint density at radius 1 is 0.238 bits per heavy atom. The Labute approximate surface area is 762 Å². The van der Waals surface area contributed by atoms with Gasteiger partial charge < -0.3 is 19.9 Å². The van der Waals surface area contributed by atoms with E-state index in [2.05, 4.69) is 312 Å². The van der Waals surface area contributed by atoms with Crippen LogP contribution in [0.5, 0.6) is 0 Å². The maximum Gasteiger partial charge on any atom is 2.00 e. The van der Waals surface area contributed by atoms with E-state index in [1.54, 1.807) is 12.1 Å². The van der Waals surface area contributed by atoms with E-state index in [4.69, 9.17) is 39.9 Å². The van der Waals surface area contributed by atoms with Crippen molar-refractivity contribution in [2.75, 3.05) is 0 Å². The number of benzene rings is 8. The van der Waals surface area contributed by atoms with Gasteiger partial charge in [-0.1, -0.05) is 275 Å². The zero-order valence-corrected chi connectivity index (χ0v) is 80.6.